The van der Waals surface area contributed by atoms with Crippen LogP contribution in [0.1, 0.15) is 46.0 Å². The van der Waals surface area contributed by atoms with E-state index < -0.39 is 9.84 Å². The largest absolute Gasteiger partial charge is 0.300 e. The SMILES string of the molecule is CCCC(CCC)CCN1CC(N2CCS(=O)(=O)CC2)C1. The van der Waals surface area contributed by atoms with Crippen LogP contribution in [0.15, 0.2) is 0 Å². The predicted octanol–water partition coefficient (Wildman–Crippen LogP) is 2.01. The summed E-state index contributed by atoms with van der Waals surface area (Å²) in [7, 11) is -2.74. The van der Waals surface area contributed by atoms with E-state index in [2.05, 4.69) is 23.6 Å². The molecule has 0 N–H and O–H groups in total. The molecule has 0 aromatic rings. The lowest BCUT2D eigenvalue weighted by Crippen LogP contribution is -2.62. The quantitative estimate of drug-likeness (QED) is 0.687. The Bertz CT molecular complexity index is 385. The lowest BCUT2D eigenvalue weighted by atomic mass is 9.93. The molecule has 0 aromatic heterocycles. The van der Waals surface area contributed by atoms with Gasteiger partial charge < -0.3 is 4.90 Å². The smallest absolute Gasteiger partial charge is 0.152 e. The number of rotatable bonds is 8. The Morgan fingerprint density at radius 3 is 2.10 bits per heavy atom. The van der Waals surface area contributed by atoms with Crippen LogP contribution in [-0.2, 0) is 9.84 Å². The minimum Gasteiger partial charge on any atom is -0.300 e. The number of sulfone groups is 1. The van der Waals surface area contributed by atoms with Crippen molar-refractivity contribution < 1.29 is 8.42 Å². The number of hydrogen-bond acceptors (Lipinski definition) is 4. The van der Waals surface area contributed by atoms with Crippen LogP contribution in [0.2, 0.25) is 0 Å². The molecule has 124 valence electrons. The molecule has 0 amide bonds. The summed E-state index contributed by atoms with van der Waals surface area (Å²) in [6.45, 7) is 9.58. The second-order valence-electron chi connectivity index (χ2n) is 6.83. The van der Waals surface area contributed by atoms with Gasteiger partial charge in [0.05, 0.1) is 11.5 Å². The normalized spacial score (nSPS) is 24.3. The molecule has 0 bridgehead atoms. The maximum absolute atomic E-state index is 11.5. The molecule has 4 nitrogen and oxygen atoms in total. The first-order chi connectivity index (χ1) is 10.0. The van der Waals surface area contributed by atoms with Crippen molar-refractivity contribution in [2.24, 2.45) is 5.92 Å². The minimum absolute atomic E-state index is 0.360. The van der Waals surface area contributed by atoms with Crippen molar-refractivity contribution in [1.82, 2.24) is 9.80 Å². The molecule has 0 spiro atoms. The average Bonchev–Trinajstić information content (AvgIpc) is 2.39. The first kappa shape index (κ1) is 17.2. The van der Waals surface area contributed by atoms with Gasteiger partial charge in [-0.05, 0) is 18.9 Å². The predicted molar refractivity (Wildman–Crippen MR) is 88.4 cm³/mol. The Morgan fingerprint density at radius 1 is 1.00 bits per heavy atom. The van der Waals surface area contributed by atoms with Crippen molar-refractivity contribution in [3.05, 3.63) is 0 Å². The third kappa shape index (κ3) is 5.22. The van der Waals surface area contributed by atoms with E-state index in [1.54, 1.807) is 0 Å². The topological polar surface area (TPSA) is 40.6 Å². The standard InChI is InChI=1S/C16H32N2O2S/c1-3-5-15(6-4-2)7-8-17-13-16(14-17)18-9-11-21(19,20)12-10-18/h15-16H,3-14H2,1-2H3. The highest BCUT2D eigenvalue weighted by atomic mass is 32.2. The van der Waals surface area contributed by atoms with Gasteiger partial charge in [0.2, 0.25) is 0 Å². The van der Waals surface area contributed by atoms with Gasteiger partial charge in [-0.2, -0.15) is 0 Å². The molecule has 2 fully saturated rings. The van der Waals surface area contributed by atoms with Crippen LogP contribution in [0.4, 0.5) is 0 Å². The van der Waals surface area contributed by atoms with Gasteiger partial charge in [-0.25, -0.2) is 8.42 Å². The average molecular weight is 317 g/mol. The summed E-state index contributed by atoms with van der Waals surface area (Å²) >= 11 is 0. The first-order valence-corrected chi connectivity index (χ1v) is 10.5. The summed E-state index contributed by atoms with van der Waals surface area (Å²) in [6.07, 6.45) is 6.68. The molecule has 21 heavy (non-hydrogen) atoms. The minimum atomic E-state index is -2.74. The van der Waals surface area contributed by atoms with Crippen LogP contribution < -0.4 is 0 Å². The van der Waals surface area contributed by atoms with Gasteiger partial charge in [-0.15, -0.1) is 0 Å². The molecular weight excluding hydrogens is 284 g/mol. The van der Waals surface area contributed by atoms with Gasteiger partial charge in [0.25, 0.3) is 0 Å². The maximum atomic E-state index is 11.5. The van der Waals surface area contributed by atoms with Gasteiger partial charge in [-0.1, -0.05) is 39.5 Å². The summed E-state index contributed by atoms with van der Waals surface area (Å²) < 4.78 is 22.9. The first-order valence-electron chi connectivity index (χ1n) is 8.71. The fraction of sp³-hybridized carbons (Fsp3) is 1.00. The van der Waals surface area contributed by atoms with Gasteiger partial charge in [0, 0.05) is 32.2 Å². The third-order valence-corrected chi connectivity index (χ3v) is 6.69. The van der Waals surface area contributed by atoms with E-state index >= 15 is 0 Å². The molecule has 0 unspecified atom stereocenters. The van der Waals surface area contributed by atoms with E-state index in [4.69, 9.17) is 0 Å². The summed E-state index contributed by atoms with van der Waals surface area (Å²) in [4.78, 5) is 4.93. The molecule has 0 atom stereocenters. The highest BCUT2D eigenvalue weighted by Gasteiger charge is 2.34. The summed E-state index contributed by atoms with van der Waals surface area (Å²) in [6, 6.07) is 0.608. The van der Waals surface area contributed by atoms with E-state index in [0.717, 1.165) is 32.1 Å². The molecular formula is C16H32N2O2S. The van der Waals surface area contributed by atoms with E-state index in [1.165, 1.54) is 38.6 Å². The Hall–Kier alpha value is -0.130. The molecule has 0 aromatic carbocycles. The van der Waals surface area contributed by atoms with Gasteiger partial charge in [0.1, 0.15) is 0 Å². The molecule has 5 heteroatoms. The van der Waals surface area contributed by atoms with Crippen LogP contribution in [0.3, 0.4) is 0 Å². The van der Waals surface area contributed by atoms with Crippen molar-refractivity contribution in [1.29, 1.82) is 0 Å². The summed E-state index contributed by atoms with van der Waals surface area (Å²) in [5.74, 6) is 1.62. The Balaban J connectivity index is 1.63. The van der Waals surface area contributed by atoms with Gasteiger partial charge in [-0.3, -0.25) is 4.90 Å². The van der Waals surface area contributed by atoms with Crippen LogP contribution >= 0.6 is 0 Å². The third-order valence-electron chi connectivity index (χ3n) is 5.08. The second kappa shape index (κ2) is 7.93. The molecule has 2 heterocycles. The molecule has 2 aliphatic heterocycles. The fourth-order valence-electron chi connectivity index (χ4n) is 3.66. The summed E-state index contributed by atoms with van der Waals surface area (Å²) in [5.41, 5.74) is 0. The van der Waals surface area contributed by atoms with Crippen LogP contribution in [0.5, 0.6) is 0 Å². The van der Waals surface area contributed by atoms with Crippen LogP contribution in [-0.4, -0.2) is 68.5 Å². The highest BCUT2D eigenvalue weighted by molar-refractivity contribution is 7.91. The monoisotopic (exact) mass is 316 g/mol. The molecule has 0 radical (unpaired) electrons. The molecule has 2 aliphatic rings. The molecule has 2 saturated heterocycles. The van der Waals surface area contributed by atoms with Crippen molar-refractivity contribution in [3.8, 4) is 0 Å². The number of hydrogen-bond donors (Lipinski definition) is 0. The van der Waals surface area contributed by atoms with Crippen molar-refractivity contribution in [2.75, 3.05) is 44.2 Å². The Kier molecular flexibility index (Phi) is 6.51. The Morgan fingerprint density at radius 2 is 1.57 bits per heavy atom. The van der Waals surface area contributed by atoms with Crippen molar-refractivity contribution in [2.45, 2.75) is 52.0 Å². The van der Waals surface area contributed by atoms with Crippen LogP contribution in [0.25, 0.3) is 0 Å². The number of likely N-dealkylation sites (tertiary alicyclic amines) is 1. The van der Waals surface area contributed by atoms with E-state index in [9.17, 15) is 8.42 Å². The van der Waals surface area contributed by atoms with E-state index in [0.29, 0.717) is 17.5 Å². The zero-order valence-electron chi connectivity index (χ0n) is 13.8. The molecule has 0 aliphatic carbocycles. The highest BCUT2D eigenvalue weighted by Crippen LogP contribution is 2.22. The molecule has 2 rings (SSSR count). The number of nitrogens with zero attached hydrogens (tertiary/aromatic N) is 2. The molecule has 0 saturated carbocycles. The maximum Gasteiger partial charge on any atom is 0.152 e. The van der Waals surface area contributed by atoms with Crippen molar-refractivity contribution in [3.63, 3.8) is 0 Å². The van der Waals surface area contributed by atoms with Gasteiger partial charge in [0.15, 0.2) is 9.84 Å². The van der Waals surface area contributed by atoms with E-state index in [-0.39, 0.29) is 0 Å². The lowest BCUT2D eigenvalue weighted by molar-refractivity contribution is 0.0347. The van der Waals surface area contributed by atoms with Gasteiger partial charge >= 0.3 is 0 Å². The zero-order valence-corrected chi connectivity index (χ0v) is 14.6. The summed E-state index contributed by atoms with van der Waals surface area (Å²) in [5, 5.41) is 0. The van der Waals surface area contributed by atoms with Crippen LogP contribution in [0, 0.1) is 5.92 Å². The van der Waals surface area contributed by atoms with E-state index in [1.807, 2.05) is 0 Å². The Labute approximate surface area is 130 Å². The zero-order chi connectivity index (χ0) is 15.3. The van der Waals surface area contributed by atoms with Crippen molar-refractivity contribution >= 4 is 9.84 Å². The lowest BCUT2D eigenvalue weighted by Gasteiger charge is -2.47. The fourth-order valence-corrected chi connectivity index (χ4v) is 4.89. The second-order valence-corrected chi connectivity index (χ2v) is 9.14.